The molecular formula is C18H23N3O4. The fourth-order valence-electron chi connectivity index (χ4n) is 2.18. The van der Waals surface area contributed by atoms with Gasteiger partial charge in [0.15, 0.2) is 12.3 Å². The van der Waals surface area contributed by atoms with Crippen molar-refractivity contribution in [3.8, 4) is 5.75 Å². The number of carbonyl (C=O) groups is 2. The molecule has 134 valence electrons. The van der Waals surface area contributed by atoms with Gasteiger partial charge in [-0.3, -0.25) is 9.59 Å². The summed E-state index contributed by atoms with van der Waals surface area (Å²) < 4.78 is 10.3. The molecular weight excluding hydrogens is 322 g/mol. The van der Waals surface area contributed by atoms with Gasteiger partial charge in [-0.15, -0.1) is 0 Å². The third kappa shape index (κ3) is 6.29. The predicted octanol–water partition coefficient (Wildman–Crippen LogP) is 1.86. The first kappa shape index (κ1) is 18.5. The zero-order chi connectivity index (χ0) is 18.1. The van der Waals surface area contributed by atoms with E-state index in [0.717, 1.165) is 12.8 Å². The minimum Gasteiger partial charge on any atom is -0.484 e. The van der Waals surface area contributed by atoms with E-state index in [1.165, 1.54) is 5.56 Å². The summed E-state index contributed by atoms with van der Waals surface area (Å²) in [6, 6.07) is 9.26. The highest BCUT2D eigenvalue weighted by molar-refractivity contribution is 5.92. The molecule has 0 bridgehead atoms. The van der Waals surface area contributed by atoms with Crippen LogP contribution in [0.15, 0.2) is 34.9 Å². The summed E-state index contributed by atoms with van der Waals surface area (Å²) in [7, 11) is 0. The van der Waals surface area contributed by atoms with Gasteiger partial charge in [0.25, 0.3) is 11.8 Å². The highest BCUT2D eigenvalue weighted by Crippen LogP contribution is 2.13. The van der Waals surface area contributed by atoms with E-state index >= 15 is 0 Å². The van der Waals surface area contributed by atoms with Crippen LogP contribution in [-0.2, 0) is 11.2 Å². The van der Waals surface area contributed by atoms with Gasteiger partial charge in [-0.25, -0.2) is 0 Å². The van der Waals surface area contributed by atoms with Crippen molar-refractivity contribution >= 4 is 11.8 Å². The van der Waals surface area contributed by atoms with Gasteiger partial charge in [0, 0.05) is 19.2 Å². The molecule has 0 atom stereocenters. The van der Waals surface area contributed by atoms with Gasteiger partial charge in [0.1, 0.15) is 11.5 Å². The van der Waals surface area contributed by atoms with Crippen LogP contribution in [0.2, 0.25) is 0 Å². The SMILES string of the molecule is CCCc1ccc(OCC(=O)NCCNC(=O)c2cc(C)on2)cc1. The Kier molecular flexibility index (Phi) is 7.00. The third-order valence-electron chi connectivity index (χ3n) is 3.43. The number of nitrogens with one attached hydrogen (secondary N) is 2. The Labute approximate surface area is 146 Å². The van der Waals surface area contributed by atoms with E-state index in [4.69, 9.17) is 9.26 Å². The minimum absolute atomic E-state index is 0.0659. The van der Waals surface area contributed by atoms with E-state index in [2.05, 4.69) is 22.7 Å². The summed E-state index contributed by atoms with van der Waals surface area (Å²) in [4.78, 5) is 23.4. The lowest BCUT2D eigenvalue weighted by molar-refractivity contribution is -0.123. The van der Waals surface area contributed by atoms with Crippen molar-refractivity contribution in [2.24, 2.45) is 0 Å². The lowest BCUT2D eigenvalue weighted by Crippen LogP contribution is -2.36. The van der Waals surface area contributed by atoms with Crippen molar-refractivity contribution < 1.29 is 18.8 Å². The first-order valence-corrected chi connectivity index (χ1v) is 8.28. The molecule has 7 heteroatoms. The van der Waals surface area contributed by atoms with E-state index in [1.54, 1.807) is 13.0 Å². The maximum Gasteiger partial charge on any atom is 0.273 e. The first-order chi connectivity index (χ1) is 12.1. The van der Waals surface area contributed by atoms with E-state index in [9.17, 15) is 9.59 Å². The van der Waals surface area contributed by atoms with E-state index in [0.29, 0.717) is 24.6 Å². The molecule has 0 unspecified atom stereocenters. The lowest BCUT2D eigenvalue weighted by atomic mass is 10.1. The molecule has 2 amide bonds. The number of benzene rings is 1. The topological polar surface area (TPSA) is 93.5 Å². The Morgan fingerprint density at radius 3 is 2.52 bits per heavy atom. The number of aryl methyl sites for hydroxylation is 2. The number of amides is 2. The molecule has 1 aromatic heterocycles. The summed E-state index contributed by atoms with van der Waals surface area (Å²) in [6.07, 6.45) is 2.12. The number of nitrogens with zero attached hydrogens (tertiary/aromatic N) is 1. The van der Waals surface area contributed by atoms with E-state index in [1.807, 2.05) is 24.3 Å². The average Bonchev–Trinajstić information content (AvgIpc) is 3.05. The van der Waals surface area contributed by atoms with Crippen LogP contribution in [0, 0.1) is 6.92 Å². The molecule has 0 aliphatic rings. The Morgan fingerprint density at radius 2 is 1.88 bits per heavy atom. The van der Waals surface area contributed by atoms with Crippen molar-refractivity contribution in [3.63, 3.8) is 0 Å². The third-order valence-corrected chi connectivity index (χ3v) is 3.43. The molecule has 0 saturated carbocycles. The molecule has 7 nitrogen and oxygen atoms in total. The summed E-state index contributed by atoms with van der Waals surface area (Å²) in [5.41, 5.74) is 1.47. The van der Waals surface area contributed by atoms with Crippen LogP contribution >= 0.6 is 0 Å². The quantitative estimate of drug-likeness (QED) is 0.677. The number of hydrogen-bond donors (Lipinski definition) is 2. The minimum atomic E-state index is -0.338. The molecule has 0 radical (unpaired) electrons. The van der Waals surface area contributed by atoms with Gasteiger partial charge < -0.3 is 19.9 Å². The van der Waals surface area contributed by atoms with Crippen LogP contribution in [0.4, 0.5) is 0 Å². The second kappa shape index (κ2) is 9.46. The monoisotopic (exact) mass is 345 g/mol. The molecule has 25 heavy (non-hydrogen) atoms. The van der Waals surface area contributed by atoms with Crippen molar-refractivity contribution in [2.75, 3.05) is 19.7 Å². The summed E-state index contributed by atoms with van der Waals surface area (Å²) >= 11 is 0. The van der Waals surface area contributed by atoms with Crippen molar-refractivity contribution in [1.82, 2.24) is 15.8 Å². The average molecular weight is 345 g/mol. The van der Waals surface area contributed by atoms with Crippen LogP contribution in [-0.4, -0.2) is 36.7 Å². The first-order valence-electron chi connectivity index (χ1n) is 8.28. The molecule has 0 aliphatic carbocycles. The van der Waals surface area contributed by atoms with Gasteiger partial charge in [-0.05, 0) is 31.0 Å². The largest absolute Gasteiger partial charge is 0.484 e. The van der Waals surface area contributed by atoms with Gasteiger partial charge in [-0.2, -0.15) is 0 Å². The van der Waals surface area contributed by atoms with E-state index in [-0.39, 0.29) is 24.1 Å². The standard InChI is InChI=1S/C18H23N3O4/c1-3-4-14-5-7-15(8-6-14)24-12-17(22)19-9-10-20-18(23)16-11-13(2)25-21-16/h5-8,11H,3-4,9-10,12H2,1-2H3,(H,19,22)(H,20,23). The van der Waals surface area contributed by atoms with Crippen molar-refractivity contribution in [3.05, 3.63) is 47.3 Å². The number of hydrogen-bond acceptors (Lipinski definition) is 5. The number of rotatable bonds is 9. The number of ether oxygens (including phenoxy) is 1. The molecule has 1 aromatic carbocycles. The highest BCUT2D eigenvalue weighted by atomic mass is 16.5. The molecule has 0 spiro atoms. The molecule has 2 rings (SSSR count). The molecule has 2 aromatic rings. The molecule has 1 heterocycles. The summed E-state index contributed by atoms with van der Waals surface area (Å²) in [5, 5.41) is 8.93. The van der Waals surface area contributed by atoms with Gasteiger partial charge in [0.2, 0.25) is 0 Å². The molecule has 0 fully saturated rings. The van der Waals surface area contributed by atoms with Crippen LogP contribution < -0.4 is 15.4 Å². The second-order valence-electron chi connectivity index (χ2n) is 5.61. The summed E-state index contributed by atoms with van der Waals surface area (Å²) in [6.45, 7) is 4.37. The van der Waals surface area contributed by atoms with Crippen LogP contribution in [0.1, 0.15) is 35.2 Å². The van der Waals surface area contributed by atoms with Crippen molar-refractivity contribution in [2.45, 2.75) is 26.7 Å². The second-order valence-corrected chi connectivity index (χ2v) is 5.61. The normalized spacial score (nSPS) is 10.3. The molecule has 0 aliphatic heterocycles. The zero-order valence-electron chi connectivity index (χ0n) is 14.5. The van der Waals surface area contributed by atoms with Crippen LogP contribution in [0.5, 0.6) is 5.75 Å². The van der Waals surface area contributed by atoms with Crippen molar-refractivity contribution in [1.29, 1.82) is 0 Å². The lowest BCUT2D eigenvalue weighted by Gasteiger charge is -2.08. The van der Waals surface area contributed by atoms with Crippen LogP contribution in [0.3, 0.4) is 0 Å². The number of carbonyl (C=O) groups excluding carboxylic acids is 2. The van der Waals surface area contributed by atoms with Gasteiger partial charge in [-0.1, -0.05) is 30.6 Å². The fraction of sp³-hybridized carbons (Fsp3) is 0.389. The Balaban J connectivity index is 1.61. The molecule has 0 saturated heterocycles. The highest BCUT2D eigenvalue weighted by Gasteiger charge is 2.10. The van der Waals surface area contributed by atoms with Gasteiger partial charge >= 0.3 is 0 Å². The van der Waals surface area contributed by atoms with E-state index < -0.39 is 0 Å². The Morgan fingerprint density at radius 1 is 1.16 bits per heavy atom. The molecule has 2 N–H and O–H groups in total. The zero-order valence-corrected chi connectivity index (χ0v) is 14.5. The predicted molar refractivity (Wildman–Crippen MR) is 92.5 cm³/mol. The smallest absolute Gasteiger partial charge is 0.273 e. The van der Waals surface area contributed by atoms with Crippen LogP contribution in [0.25, 0.3) is 0 Å². The fourth-order valence-corrected chi connectivity index (χ4v) is 2.18. The maximum absolute atomic E-state index is 11.7. The number of aromatic nitrogens is 1. The maximum atomic E-state index is 11.7. The Hall–Kier alpha value is -2.83. The summed E-state index contributed by atoms with van der Waals surface area (Å²) in [5.74, 6) is 0.640. The Bertz CT molecular complexity index is 695. The van der Waals surface area contributed by atoms with Gasteiger partial charge in [0.05, 0.1) is 0 Å².